The normalized spacial score (nSPS) is 12.6. The smallest absolute Gasteiger partial charge is 0.245 e. The maximum absolute atomic E-state index is 12.2. The molecule has 0 radical (unpaired) electrons. The summed E-state index contributed by atoms with van der Waals surface area (Å²) in [5.74, 6) is 7.38. The number of sulfonamides is 1. The van der Waals surface area contributed by atoms with E-state index in [1.807, 2.05) is 0 Å². The predicted octanol–water partition coefficient (Wildman–Crippen LogP) is 1.12. The second-order valence-electron chi connectivity index (χ2n) is 5.24. The van der Waals surface area contributed by atoms with E-state index in [4.69, 9.17) is 14.2 Å². The molecule has 1 aliphatic heterocycles. The summed E-state index contributed by atoms with van der Waals surface area (Å²) in [5.41, 5.74) is 0.910. The maximum Gasteiger partial charge on any atom is 0.245 e. The van der Waals surface area contributed by atoms with Crippen LogP contribution < -0.4 is 18.9 Å². The molecule has 0 aliphatic carbocycles. The van der Waals surface area contributed by atoms with Crippen molar-refractivity contribution in [1.29, 1.82) is 0 Å². The van der Waals surface area contributed by atoms with Gasteiger partial charge in [-0.25, -0.2) is 8.42 Å². The first kappa shape index (κ1) is 17.1. The molecular formula is C16H17N3O5S. The fraction of sp³-hybridized carbons (Fsp3) is 0.312. The van der Waals surface area contributed by atoms with E-state index >= 15 is 0 Å². The van der Waals surface area contributed by atoms with Crippen molar-refractivity contribution in [2.75, 3.05) is 19.9 Å². The monoisotopic (exact) mass is 363 g/mol. The standard InChI is InChI=1S/C16H17N3O5S/c1-11-16(12(2)19-18-11)25(20,21)17-7-3-4-8-22-13-5-6-14-15(9-13)24-10-23-14/h5-6,9,17H,7-8,10H2,1-2H3,(H,18,19). The van der Waals surface area contributed by atoms with E-state index in [2.05, 4.69) is 26.8 Å². The highest BCUT2D eigenvalue weighted by atomic mass is 32.2. The van der Waals surface area contributed by atoms with Crippen LogP contribution in [0.15, 0.2) is 23.1 Å². The van der Waals surface area contributed by atoms with Crippen LogP contribution in [-0.2, 0) is 10.0 Å². The minimum absolute atomic E-state index is 0.0170. The lowest BCUT2D eigenvalue weighted by molar-refractivity contribution is 0.174. The number of rotatable bonds is 5. The Hall–Kier alpha value is -2.70. The van der Waals surface area contributed by atoms with E-state index in [-0.39, 0.29) is 24.8 Å². The van der Waals surface area contributed by atoms with Crippen LogP contribution in [0.5, 0.6) is 17.2 Å². The van der Waals surface area contributed by atoms with Crippen LogP contribution in [-0.4, -0.2) is 38.6 Å². The van der Waals surface area contributed by atoms with E-state index in [0.717, 1.165) is 0 Å². The summed E-state index contributed by atoms with van der Waals surface area (Å²) in [5, 5.41) is 6.52. The molecule has 1 aromatic carbocycles. The number of aryl methyl sites for hydroxylation is 2. The Morgan fingerprint density at radius 2 is 2.08 bits per heavy atom. The Kier molecular flexibility index (Phi) is 4.83. The molecule has 0 atom stereocenters. The van der Waals surface area contributed by atoms with E-state index in [9.17, 15) is 8.42 Å². The number of ether oxygens (including phenoxy) is 3. The highest BCUT2D eigenvalue weighted by Gasteiger charge is 2.21. The van der Waals surface area contributed by atoms with Gasteiger partial charge in [-0.15, -0.1) is 0 Å². The third-order valence-electron chi connectivity index (χ3n) is 3.46. The van der Waals surface area contributed by atoms with Gasteiger partial charge < -0.3 is 14.2 Å². The van der Waals surface area contributed by atoms with Gasteiger partial charge >= 0.3 is 0 Å². The minimum Gasteiger partial charge on any atom is -0.481 e. The SMILES string of the molecule is Cc1n[nH]c(C)c1S(=O)(=O)NCC#CCOc1ccc2c(c1)OCO2. The highest BCUT2D eigenvalue weighted by Crippen LogP contribution is 2.34. The molecule has 2 aromatic rings. The molecule has 1 aliphatic rings. The fourth-order valence-corrected chi connectivity index (χ4v) is 3.63. The molecule has 8 nitrogen and oxygen atoms in total. The predicted molar refractivity (Wildman–Crippen MR) is 89.1 cm³/mol. The van der Waals surface area contributed by atoms with Crippen molar-refractivity contribution in [2.45, 2.75) is 18.7 Å². The number of nitrogens with zero attached hydrogens (tertiary/aromatic N) is 1. The van der Waals surface area contributed by atoms with Gasteiger partial charge in [0.2, 0.25) is 16.8 Å². The molecular weight excluding hydrogens is 346 g/mol. The summed E-state index contributed by atoms with van der Waals surface area (Å²) in [6.07, 6.45) is 0. The molecule has 25 heavy (non-hydrogen) atoms. The molecule has 0 saturated heterocycles. The first-order chi connectivity index (χ1) is 12.0. The van der Waals surface area contributed by atoms with Gasteiger partial charge in [0.05, 0.1) is 17.9 Å². The van der Waals surface area contributed by atoms with Crippen LogP contribution in [0, 0.1) is 25.7 Å². The van der Waals surface area contributed by atoms with Gasteiger partial charge in [0, 0.05) is 6.07 Å². The average Bonchev–Trinajstić information content (AvgIpc) is 3.16. The first-order valence-corrected chi connectivity index (χ1v) is 8.95. The third kappa shape index (κ3) is 3.87. The number of aromatic amines is 1. The Morgan fingerprint density at radius 3 is 2.84 bits per heavy atom. The second-order valence-corrected chi connectivity index (χ2v) is 6.95. The largest absolute Gasteiger partial charge is 0.481 e. The molecule has 9 heteroatoms. The van der Waals surface area contributed by atoms with Gasteiger partial charge in [-0.05, 0) is 26.0 Å². The molecule has 0 bridgehead atoms. The molecule has 0 unspecified atom stereocenters. The van der Waals surface area contributed by atoms with Crippen molar-refractivity contribution in [3.05, 3.63) is 29.6 Å². The van der Waals surface area contributed by atoms with Crippen molar-refractivity contribution in [2.24, 2.45) is 0 Å². The number of fused-ring (bicyclic) bond motifs is 1. The Balaban J connectivity index is 1.50. The molecule has 2 heterocycles. The highest BCUT2D eigenvalue weighted by molar-refractivity contribution is 7.89. The van der Waals surface area contributed by atoms with Gasteiger partial charge in [-0.3, -0.25) is 5.10 Å². The van der Waals surface area contributed by atoms with Gasteiger partial charge in [-0.2, -0.15) is 9.82 Å². The molecule has 2 N–H and O–H groups in total. The summed E-state index contributed by atoms with van der Waals surface area (Å²) >= 11 is 0. The lowest BCUT2D eigenvalue weighted by atomic mass is 10.3. The van der Waals surface area contributed by atoms with E-state index in [0.29, 0.717) is 28.6 Å². The molecule has 132 valence electrons. The maximum atomic E-state index is 12.2. The van der Waals surface area contributed by atoms with Crippen LogP contribution in [0.3, 0.4) is 0 Å². The Morgan fingerprint density at radius 1 is 1.28 bits per heavy atom. The molecule has 0 spiro atoms. The zero-order chi connectivity index (χ0) is 17.9. The van der Waals surface area contributed by atoms with Gasteiger partial charge in [0.15, 0.2) is 11.5 Å². The van der Waals surface area contributed by atoms with Gasteiger partial charge in [0.1, 0.15) is 17.3 Å². The fourth-order valence-electron chi connectivity index (χ4n) is 2.34. The van der Waals surface area contributed by atoms with Crippen LogP contribution in [0.4, 0.5) is 0 Å². The van der Waals surface area contributed by atoms with E-state index in [1.54, 1.807) is 32.0 Å². The Labute approximate surface area is 145 Å². The molecule has 3 rings (SSSR count). The van der Waals surface area contributed by atoms with Gasteiger partial charge in [0.25, 0.3) is 0 Å². The average molecular weight is 363 g/mol. The van der Waals surface area contributed by atoms with Crippen LogP contribution in [0.2, 0.25) is 0 Å². The quantitative estimate of drug-likeness (QED) is 0.772. The van der Waals surface area contributed by atoms with Crippen molar-refractivity contribution < 1.29 is 22.6 Å². The summed E-state index contributed by atoms with van der Waals surface area (Å²) in [4.78, 5) is 0.158. The van der Waals surface area contributed by atoms with Crippen molar-refractivity contribution in [3.8, 4) is 29.1 Å². The van der Waals surface area contributed by atoms with Crippen molar-refractivity contribution in [1.82, 2.24) is 14.9 Å². The lowest BCUT2D eigenvalue weighted by Crippen LogP contribution is -2.25. The molecule has 0 saturated carbocycles. The van der Waals surface area contributed by atoms with Crippen LogP contribution >= 0.6 is 0 Å². The number of nitrogens with one attached hydrogen (secondary N) is 2. The van der Waals surface area contributed by atoms with Crippen molar-refractivity contribution in [3.63, 3.8) is 0 Å². The molecule has 1 aromatic heterocycles. The third-order valence-corrected chi connectivity index (χ3v) is 5.12. The zero-order valence-electron chi connectivity index (χ0n) is 13.8. The van der Waals surface area contributed by atoms with E-state index in [1.165, 1.54) is 0 Å². The lowest BCUT2D eigenvalue weighted by Gasteiger charge is -2.04. The summed E-state index contributed by atoms with van der Waals surface area (Å²) in [7, 11) is -3.64. The molecule has 0 amide bonds. The molecule has 0 fully saturated rings. The van der Waals surface area contributed by atoms with E-state index < -0.39 is 10.0 Å². The summed E-state index contributed by atoms with van der Waals surface area (Å²) in [6, 6.07) is 5.23. The summed E-state index contributed by atoms with van der Waals surface area (Å²) < 4.78 is 42.8. The van der Waals surface area contributed by atoms with Crippen LogP contribution in [0.1, 0.15) is 11.4 Å². The Bertz CT molecular complexity index is 921. The number of benzene rings is 1. The number of hydrogen-bond donors (Lipinski definition) is 2. The number of hydrogen-bond acceptors (Lipinski definition) is 6. The number of aromatic nitrogens is 2. The summed E-state index contributed by atoms with van der Waals surface area (Å²) in [6.45, 7) is 3.60. The van der Waals surface area contributed by atoms with Crippen LogP contribution in [0.25, 0.3) is 0 Å². The minimum atomic E-state index is -3.64. The zero-order valence-corrected chi connectivity index (χ0v) is 14.6. The number of H-pyrrole nitrogens is 1. The first-order valence-electron chi connectivity index (χ1n) is 7.47. The second kappa shape index (κ2) is 7.04. The van der Waals surface area contributed by atoms with Crippen molar-refractivity contribution >= 4 is 10.0 Å². The van der Waals surface area contributed by atoms with Gasteiger partial charge in [-0.1, -0.05) is 11.8 Å². The topological polar surface area (TPSA) is 103 Å².